The molecule has 1 atom stereocenters. The zero-order valence-corrected chi connectivity index (χ0v) is 13.8. The smallest absolute Gasteiger partial charge is 0.0644 e. The lowest BCUT2D eigenvalue weighted by atomic mass is 9.81. The minimum Gasteiger partial charge on any atom is -0.395 e. The summed E-state index contributed by atoms with van der Waals surface area (Å²) in [5, 5.41) is 13.1. The summed E-state index contributed by atoms with van der Waals surface area (Å²) in [6, 6.07) is 0.173. The molecule has 0 aliphatic carbocycles. The number of hydrogen-bond donors (Lipinski definition) is 2. The van der Waals surface area contributed by atoms with Crippen LogP contribution in [0.25, 0.3) is 0 Å². The first-order valence-electron chi connectivity index (χ1n) is 8.20. The van der Waals surface area contributed by atoms with Crippen LogP contribution in [0.5, 0.6) is 0 Å². The number of nitrogens with zero attached hydrogens (tertiary/aromatic N) is 1. The van der Waals surface area contributed by atoms with E-state index in [1.54, 1.807) is 0 Å². The molecule has 4 heteroatoms. The monoisotopic (exact) mass is 286 g/mol. The molecule has 0 aromatic heterocycles. The summed E-state index contributed by atoms with van der Waals surface area (Å²) in [6.07, 6.45) is 2.34. The fourth-order valence-corrected chi connectivity index (χ4v) is 2.90. The molecule has 1 saturated heterocycles. The zero-order valence-electron chi connectivity index (χ0n) is 13.8. The third kappa shape index (κ3) is 5.32. The Hall–Kier alpha value is -0.160. The molecule has 0 spiro atoms. The van der Waals surface area contributed by atoms with Crippen LogP contribution in [0.4, 0.5) is 0 Å². The summed E-state index contributed by atoms with van der Waals surface area (Å²) in [4.78, 5) is 2.42. The van der Waals surface area contributed by atoms with Crippen LogP contribution in [0.15, 0.2) is 0 Å². The molecule has 0 aromatic rings. The third-order valence-electron chi connectivity index (χ3n) is 4.65. The van der Waals surface area contributed by atoms with E-state index in [2.05, 4.69) is 37.9 Å². The maximum atomic E-state index is 9.52. The van der Waals surface area contributed by atoms with Crippen molar-refractivity contribution >= 4 is 0 Å². The molecule has 1 heterocycles. The SMILES string of the molecule is CCC(CC)(CNCC(C)C)CN1CCOCC1CO. The van der Waals surface area contributed by atoms with Gasteiger partial charge in [0.15, 0.2) is 0 Å². The van der Waals surface area contributed by atoms with Crippen molar-refractivity contribution in [3.8, 4) is 0 Å². The van der Waals surface area contributed by atoms with E-state index in [9.17, 15) is 5.11 Å². The topological polar surface area (TPSA) is 44.7 Å². The number of aliphatic hydroxyl groups is 1. The summed E-state index contributed by atoms with van der Waals surface area (Å²) in [5.74, 6) is 0.690. The Morgan fingerprint density at radius 3 is 2.60 bits per heavy atom. The second-order valence-electron chi connectivity index (χ2n) is 6.61. The first-order valence-corrected chi connectivity index (χ1v) is 8.20. The number of ether oxygens (including phenoxy) is 1. The Morgan fingerprint density at radius 2 is 2.05 bits per heavy atom. The van der Waals surface area contributed by atoms with Crippen LogP contribution in [0.1, 0.15) is 40.5 Å². The van der Waals surface area contributed by atoms with Crippen molar-refractivity contribution in [2.24, 2.45) is 11.3 Å². The molecule has 2 N–H and O–H groups in total. The third-order valence-corrected chi connectivity index (χ3v) is 4.65. The van der Waals surface area contributed by atoms with Gasteiger partial charge >= 0.3 is 0 Å². The maximum Gasteiger partial charge on any atom is 0.0644 e. The first-order chi connectivity index (χ1) is 9.56. The molecule has 0 amide bonds. The summed E-state index contributed by atoms with van der Waals surface area (Å²) < 4.78 is 5.48. The predicted molar refractivity (Wildman–Crippen MR) is 84.0 cm³/mol. The zero-order chi connectivity index (χ0) is 15.0. The molecule has 0 aromatic carbocycles. The molecule has 1 fully saturated rings. The van der Waals surface area contributed by atoms with Gasteiger partial charge in [0.2, 0.25) is 0 Å². The second-order valence-corrected chi connectivity index (χ2v) is 6.61. The molecular weight excluding hydrogens is 252 g/mol. The van der Waals surface area contributed by atoms with E-state index in [0.717, 1.165) is 32.8 Å². The number of aliphatic hydroxyl groups excluding tert-OH is 1. The molecule has 0 saturated carbocycles. The largest absolute Gasteiger partial charge is 0.395 e. The van der Waals surface area contributed by atoms with Gasteiger partial charge in [0.25, 0.3) is 0 Å². The molecule has 1 aliphatic rings. The van der Waals surface area contributed by atoms with Gasteiger partial charge in [-0.15, -0.1) is 0 Å². The summed E-state index contributed by atoms with van der Waals surface area (Å²) in [5.41, 5.74) is 0.305. The van der Waals surface area contributed by atoms with Gasteiger partial charge in [0.05, 0.1) is 25.9 Å². The normalized spacial score (nSPS) is 21.6. The highest BCUT2D eigenvalue weighted by molar-refractivity contribution is 4.86. The number of morpholine rings is 1. The fraction of sp³-hybridized carbons (Fsp3) is 1.00. The average molecular weight is 286 g/mol. The van der Waals surface area contributed by atoms with E-state index >= 15 is 0 Å². The fourth-order valence-electron chi connectivity index (χ4n) is 2.90. The van der Waals surface area contributed by atoms with Crippen LogP contribution in [0.3, 0.4) is 0 Å². The Morgan fingerprint density at radius 1 is 1.35 bits per heavy atom. The quantitative estimate of drug-likeness (QED) is 0.677. The van der Waals surface area contributed by atoms with Crippen LogP contribution >= 0.6 is 0 Å². The van der Waals surface area contributed by atoms with Gasteiger partial charge < -0.3 is 15.2 Å². The van der Waals surface area contributed by atoms with Gasteiger partial charge in [-0.05, 0) is 30.7 Å². The highest BCUT2D eigenvalue weighted by Gasteiger charge is 2.32. The van der Waals surface area contributed by atoms with Crippen LogP contribution in [-0.4, -0.2) is 62.0 Å². The van der Waals surface area contributed by atoms with E-state index in [1.165, 1.54) is 12.8 Å². The van der Waals surface area contributed by atoms with Crippen molar-refractivity contribution in [1.82, 2.24) is 10.2 Å². The van der Waals surface area contributed by atoms with Crippen molar-refractivity contribution in [3.63, 3.8) is 0 Å². The van der Waals surface area contributed by atoms with Gasteiger partial charge in [-0.3, -0.25) is 4.90 Å². The minimum atomic E-state index is 0.173. The molecule has 1 aliphatic heterocycles. The van der Waals surface area contributed by atoms with Gasteiger partial charge in [0.1, 0.15) is 0 Å². The van der Waals surface area contributed by atoms with Crippen LogP contribution in [0, 0.1) is 11.3 Å². The lowest BCUT2D eigenvalue weighted by Crippen LogP contribution is -2.53. The summed E-state index contributed by atoms with van der Waals surface area (Å²) in [6.45, 7) is 14.9. The van der Waals surface area contributed by atoms with E-state index in [-0.39, 0.29) is 12.6 Å². The second kappa shape index (κ2) is 8.98. The van der Waals surface area contributed by atoms with Crippen molar-refractivity contribution in [3.05, 3.63) is 0 Å². The molecule has 20 heavy (non-hydrogen) atoms. The van der Waals surface area contributed by atoms with E-state index in [1.807, 2.05) is 0 Å². The van der Waals surface area contributed by atoms with Gasteiger partial charge in [0, 0.05) is 19.6 Å². The van der Waals surface area contributed by atoms with Crippen LogP contribution < -0.4 is 5.32 Å². The van der Waals surface area contributed by atoms with Crippen LogP contribution in [-0.2, 0) is 4.74 Å². The number of rotatable bonds is 9. The number of nitrogens with one attached hydrogen (secondary N) is 1. The van der Waals surface area contributed by atoms with Gasteiger partial charge in [-0.1, -0.05) is 27.7 Å². The van der Waals surface area contributed by atoms with Crippen molar-refractivity contribution < 1.29 is 9.84 Å². The lowest BCUT2D eigenvalue weighted by molar-refractivity contribution is -0.0458. The van der Waals surface area contributed by atoms with E-state index in [0.29, 0.717) is 17.9 Å². The highest BCUT2D eigenvalue weighted by Crippen LogP contribution is 2.28. The van der Waals surface area contributed by atoms with Crippen molar-refractivity contribution in [2.45, 2.75) is 46.6 Å². The standard InChI is InChI=1S/C16H34N2O2/c1-5-16(6-2,12-17-9-14(3)4)13-18-7-8-20-11-15(18)10-19/h14-15,17,19H,5-13H2,1-4H3. The highest BCUT2D eigenvalue weighted by atomic mass is 16.5. The first kappa shape index (κ1) is 17.9. The van der Waals surface area contributed by atoms with E-state index < -0.39 is 0 Å². The van der Waals surface area contributed by atoms with Crippen LogP contribution in [0.2, 0.25) is 0 Å². The molecule has 120 valence electrons. The Balaban J connectivity index is 2.59. The van der Waals surface area contributed by atoms with Crippen molar-refractivity contribution in [1.29, 1.82) is 0 Å². The number of hydrogen-bond acceptors (Lipinski definition) is 4. The predicted octanol–water partition coefficient (Wildman–Crippen LogP) is 1.73. The molecular formula is C16H34N2O2. The molecule has 4 nitrogen and oxygen atoms in total. The molecule has 1 unspecified atom stereocenters. The molecule has 0 radical (unpaired) electrons. The summed E-state index contributed by atoms with van der Waals surface area (Å²) in [7, 11) is 0. The van der Waals surface area contributed by atoms with E-state index in [4.69, 9.17) is 4.74 Å². The Labute approximate surface area is 124 Å². The Kier molecular flexibility index (Phi) is 8.03. The van der Waals surface area contributed by atoms with Gasteiger partial charge in [-0.25, -0.2) is 0 Å². The molecule has 1 rings (SSSR count). The minimum absolute atomic E-state index is 0.173. The van der Waals surface area contributed by atoms with Gasteiger partial charge in [-0.2, -0.15) is 0 Å². The molecule has 0 bridgehead atoms. The maximum absolute atomic E-state index is 9.52. The summed E-state index contributed by atoms with van der Waals surface area (Å²) >= 11 is 0. The Bertz CT molecular complexity index is 255. The lowest BCUT2D eigenvalue weighted by Gasteiger charge is -2.42. The average Bonchev–Trinajstić information content (AvgIpc) is 2.46. The van der Waals surface area contributed by atoms with Crippen molar-refractivity contribution in [2.75, 3.05) is 46.0 Å².